The minimum atomic E-state index is -2.85. The van der Waals surface area contributed by atoms with E-state index in [4.69, 9.17) is 17.0 Å². The molecule has 1 fully saturated rings. The van der Waals surface area contributed by atoms with Crippen LogP contribution in [-0.4, -0.2) is 31.6 Å². The van der Waals surface area contributed by atoms with Crippen molar-refractivity contribution in [3.63, 3.8) is 0 Å². The number of hydrogen-bond acceptors (Lipinski definition) is 4. The van der Waals surface area contributed by atoms with Gasteiger partial charge in [-0.1, -0.05) is 30.3 Å². The zero-order valence-corrected chi connectivity index (χ0v) is 13.6. The van der Waals surface area contributed by atoms with Gasteiger partial charge in [0.2, 0.25) is 0 Å². The summed E-state index contributed by atoms with van der Waals surface area (Å²) in [4.78, 5) is 0. The van der Waals surface area contributed by atoms with Gasteiger partial charge in [0.15, 0.2) is 9.84 Å². The lowest BCUT2D eigenvalue weighted by molar-refractivity contribution is 0.502. The summed E-state index contributed by atoms with van der Waals surface area (Å²) in [5.74, 6) is 1.30. The maximum atomic E-state index is 11.4. The average molecular weight is 335 g/mol. The number of benzene rings is 2. The van der Waals surface area contributed by atoms with Crippen LogP contribution in [0.1, 0.15) is 6.42 Å². The molecule has 1 N–H and O–H groups in total. The zero-order chi connectivity index (χ0) is 15.6. The van der Waals surface area contributed by atoms with Gasteiger partial charge in [-0.15, -0.1) is 0 Å². The van der Waals surface area contributed by atoms with Crippen LogP contribution in [0, 0.1) is 5.92 Å². The highest BCUT2D eigenvalue weighted by Crippen LogP contribution is 2.21. The maximum absolute atomic E-state index is 11.4. The molecule has 4 nitrogen and oxygen atoms in total. The van der Waals surface area contributed by atoms with Gasteiger partial charge in [-0.05, 0) is 47.5 Å². The van der Waals surface area contributed by atoms with Crippen LogP contribution in [0.2, 0.25) is 0 Å². The van der Waals surface area contributed by atoms with Crippen molar-refractivity contribution in [3.05, 3.63) is 42.5 Å². The Hall–Kier alpha value is -1.66. The number of fused-ring (bicyclic) bond motifs is 1. The summed E-state index contributed by atoms with van der Waals surface area (Å²) >= 11 is 5.17. The van der Waals surface area contributed by atoms with Gasteiger partial charge in [0.25, 0.3) is 5.17 Å². The fourth-order valence-electron chi connectivity index (χ4n) is 2.63. The van der Waals surface area contributed by atoms with Gasteiger partial charge in [0.05, 0.1) is 11.5 Å². The predicted octanol–water partition coefficient (Wildman–Crippen LogP) is 2.53. The lowest BCUT2D eigenvalue weighted by atomic mass is 10.1. The lowest BCUT2D eigenvalue weighted by Crippen LogP contribution is -2.31. The zero-order valence-electron chi connectivity index (χ0n) is 12.0. The van der Waals surface area contributed by atoms with Gasteiger partial charge in [0.1, 0.15) is 5.75 Å². The number of nitrogens with one attached hydrogen (secondary N) is 1. The van der Waals surface area contributed by atoms with Crippen molar-refractivity contribution < 1.29 is 13.2 Å². The second-order valence-electron chi connectivity index (χ2n) is 5.55. The first kappa shape index (κ1) is 15.2. The molecule has 0 aromatic heterocycles. The average Bonchev–Trinajstić information content (AvgIpc) is 2.84. The van der Waals surface area contributed by atoms with E-state index in [0.29, 0.717) is 18.7 Å². The molecule has 6 heteroatoms. The van der Waals surface area contributed by atoms with Gasteiger partial charge in [-0.25, -0.2) is 8.42 Å². The van der Waals surface area contributed by atoms with Crippen LogP contribution in [0.25, 0.3) is 10.8 Å². The minimum Gasteiger partial charge on any atom is -0.432 e. The molecule has 1 saturated heterocycles. The standard InChI is InChI=1S/C16H17NO3S2/c18-22(19)8-7-12(11-22)10-17-16(21)20-15-6-5-13-3-1-2-4-14(13)9-15/h1-6,9,12H,7-8,10-11H2,(H,17,21). The Morgan fingerprint density at radius 1 is 1.23 bits per heavy atom. The molecule has 1 unspecified atom stereocenters. The van der Waals surface area contributed by atoms with E-state index in [9.17, 15) is 8.42 Å². The molecular weight excluding hydrogens is 318 g/mol. The first-order chi connectivity index (χ1) is 10.5. The van der Waals surface area contributed by atoms with E-state index in [1.54, 1.807) is 0 Å². The van der Waals surface area contributed by atoms with Crippen molar-refractivity contribution in [2.24, 2.45) is 5.92 Å². The first-order valence-electron chi connectivity index (χ1n) is 7.17. The third-order valence-electron chi connectivity index (χ3n) is 3.79. The summed E-state index contributed by atoms with van der Waals surface area (Å²) in [5, 5.41) is 5.51. The van der Waals surface area contributed by atoms with Crippen LogP contribution in [-0.2, 0) is 9.84 Å². The minimum absolute atomic E-state index is 0.114. The maximum Gasteiger partial charge on any atom is 0.262 e. The summed E-state index contributed by atoms with van der Waals surface area (Å²) in [6.45, 7) is 0.533. The van der Waals surface area contributed by atoms with Crippen LogP contribution < -0.4 is 10.1 Å². The van der Waals surface area contributed by atoms with E-state index in [2.05, 4.69) is 5.32 Å². The molecular formula is C16H17NO3S2. The molecule has 1 aliphatic rings. The summed E-state index contributed by atoms with van der Waals surface area (Å²) in [6, 6.07) is 13.8. The molecule has 1 heterocycles. The van der Waals surface area contributed by atoms with Crippen molar-refractivity contribution >= 4 is 38.0 Å². The van der Waals surface area contributed by atoms with E-state index in [1.165, 1.54) is 0 Å². The van der Waals surface area contributed by atoms with E-state index in [0.717, 1.165) is 10.8 Å². The fourth-order valence-corrected chi connectivity index (χ4v) is 4.68. The molecule has 0 radical (unpaired) electrons. The van der Waals surface area contributed by atoms with Crippen molar-refractivity contribution in [1.82, 2.24) is 5.32 Å². The Kier molecular flexibility index (Phi) is 4.31. The molecule has 116 valence electrons. The van der Waals surface area contributed by atoms with Crippen LogP contribution in [0.15, 0.2) is 42.5 Å². The second kappa shape index (κ2) is 6.22. The molecule has 0 saturated carbocycles. The van der Waals surface area contributed by atoms with Crippen LogP contribution in [0.5, 0.6) is 5.75 Å². The summed E-state index contributed by atoms with van der Waals surface area (Å²) in [7, 11) is -2.85. The van der Waals surface area contributed by atoms with Gasteiger partial charge >= 0.3 is 0 Å². The first-order valence-corrected chi connectivity index (χ1v) is 9.40. The van der Waals surface area contributed by atoms with Crippen LogP contribution >= 0.6 is 12.2 Å². The Morgan fingerprint density at radius 3 is 2.73 bits per heavy atom. The highest BCUT2D eigenvalue weighted by atomic mass is 32.2. The Labute approximate surface area is 135 Å². The van der Waals surface area contributed by atoms with E-state index < -0.39 is 9.84 Å². The molecule has 22 heavy (non-hydrogen) atoms. The molecule has 2 aromatic rings. The molecule has 0 bridgehead atoms. The van der Waals surface area contributed by atoms with E-state index >= 15 is 0 Å². The SMILES string of the molecule is O=S1(=O)CCC(CNC(=S)Oc2ccc3ccccc3c2)C1. The summed E-state index contributed by atoms with van der Waals surface area (Å²) in [6.07, 6.45) is 0.688. The smallest absolute Gasteiger partial charge is 0.262 e. The molecule has 0 spiro atoms. The quantitative estimate of drug-likeness (QED) is 0.874. The highest BCUT2D eigenvalue weighted by Gasteiger charge is 2.27. The van der Waals surface area contributed by atoms with E-state index in [-0.39, 0.29) is 22.6 Å². The number of rotatable bonds is 3. The monoisotopic (exact) mass is 335 g/mol. The van der Waals surface area contributed by atoms with Crippen LogP contribution in [0.4, 0.5) is 0 Å². The molecule has 3 rings (SSSR count). The van der Waals surface area contributed by atoms with Crippen molar-refractivity contribution in [3.8, 4) is 5.75 Å². The Bertz CT molecular complexity index is 802. The van der Waals surface area contributed by atoms with Gasteiger partial charge in [-0.3, -0.25) is 0 Å². The molecule has 2 aromatic carbocycles. The molecule has 1 atom stereocenters. The topological polar surface area (TPSA) is 55.4 Å². The number of thiocarbonyl (C=S) groups is 1. The summed E-state index contributed by atoms with van der Waals surface area (Å²) < 4.78 is 28.4. The number of sulfone groups is 1. The van der Waals surface area contributed by atoms with E-state index in [1.807, 2.05) is 42.5 Å². The van der Waals surface area contributed by atoms with Crippen LogP contribution in [0.3, 0.4) is 0 Å². The van der Waals surface area contributed by atoms with Crippen molar-refractivity contribution in [1.29, 1.82) is 0 Å². The number of ether oxygens (including phenoxy) is 1. The van der Waals surface area contributed by atoms with Gasteiger partial charge < -0.3 is 10.1 Å². The van der Waals surface area contributed by atoms with Gasteiger partial charge in [0, 0.05) is 6.54 Å². The molecule has 0 aliphatic carbocycles. The predicted molar refractivity (Wildman–Crippen MR) is 91.9 cm³/mol. The largest absolute Gasteiger partial charge is 0.432 e. The highest BCUT2D eigenvalue weighted by molar-refractivity contribution is 7.91. The van der Waals surface area contributed by atoms with Gasteiger partial charge in [-0.2, -0.15) is 0 Å². The molecule has 1 aliphatic heterocycles. The third-order valence-corrected chi connectivity index (χ3v) is 5.86. The third kappa shape index (κ3) is 3.75. The summed E-state index contributed by atoms with van der Waals surface area (Å²) in [5.41, 5.74) is 0. The Morgan fingerprint density at radius 2 is 2.00 bits per heavy atom. The number of hydrogen-bond donors (Lipinski definition) is 1. The lowest BCUT2D eigenvalue weighted by Gasteiger charge is -2.12. The fraction of sp³-hybridized carbons (Fsp3) is 0.312. The van der Waals surface area contributed by atoms with Crippen molar-refractivity contribution in [2.75, 3.05) is 18.1 Å². The second-order valence-corrected chi connectivity index (χ2v) is 8.15. The molecule has 0 amide bonds. The van der Waals surface area contributed by atoms with Crippen molar-refractivity contribution in [2.45, 2.75) is 6.42 Å². The normalized spacial score (nSPS) is 19.9. The Balaban J connectivity index is 1.56.